The lowest BCUT2D eigenvalue weighted by Crippen LogP contribution is -2.36. The van der Waals surface area contributed by atoms with Gasteiger partial charge in [-0.1, -0.05) is 18.2 Å². The highest BCUT2D eigenvalue weighted by Crippen LogP contribution is 2.32. The van der Waals surface area contributed by atoms with Crippen molar-refractivity contribution in [1.82, 2.24) is 9.78 Å². The van der Waals surface area contributed by atoms with Crippen LogP contribution in [0.1, 0.15) is 36.2 Å². The van der Waals surface area contributed by atoms with E-state index in [1.165, 1.54) is 0 Å². The van der Waals surface area contributed by atoms with Crippen LogP contribution in [0.25, 0.3) is 5.69 Å². The lowest BCUT2D eigenvalue weighted by atomic mass is 9.94. The average molecular weight is 256 g/mol. The van der Waals surface area contributed by atoms with E-state index in [0.717, 1.165) is 18.5 Å². The number of Topliss-reactive ketones (excluding diaryl/α,β-unsaturated/α-hetero) is 1. The van der Waals surface area contributed by atoms with Crippen molar-refractivity contribution >= 4 is 5.78 Å². The van der Waals surface area contributed by atoms with E-state index in [1.54, 1.807) is 16.9 Å². The second-order valence-corrected chi connectivity index (χ2v) is 5.03. The van der Waals surface area contributed by atoms with Crippen LogP contribution < -0.4 is 0 Å². The molecule has 1 saturated carbocycles. The van der Waals surface area contributed by atoms with Crippen molar-refractivity contribution in [2.75, 3.05) is 0 Å². The Morgan fingerprint density at radius 1 is 1.16 bits per heavy atom. The Morgan fingerprint density at radius 3 is 2.53 bits per heavy atom. The summed E-state index contributed by atoms with van der Waals surface area (Å²) in [6.07, 6.45) is 4.50. The predicted molar refractivity (Wildman–Crippen MR) is 71.3 cm³/mol. The summed E-state index contributed by atoms with van der Waals surface area (Å²) in [5.41, 5.74) is 0.0834. The van der Waals surface area contributed by atoms with Crippen molar-refractivity contribution in [3.63, 3.8) is 0 Å². The van der Waals surface area contributed by atoms with Crippen molar-refractivity contribution in [1.29, 1.82) is 0 Å². The second kappa shape index (κ2) is 4.63. The van der Waals surface area contributed by atoms with Crippen LogP contribution in [0.5, 0.6) is 0 Å². The molecule has 1 fully saturated rings. The first-order chi connectivity index (χ1) is 9.21. The van der Waals surface area contributed by atoms with Crippen molar-refractivity contribution in [2.45, 2.75) is 31.3 Å². The van der Waals surface area contributed by atoms with Crippen LogP contribution in [0.15, 0.2) is 42.6 Å². The van der Waals surface area contributed by atoms with E-state index in [9.17, 15) is 9.90 Å². The summed E-state index contributed by atoms with van der Waals surface area (Å²) in [5, 5.41) is 14.6. The van der Waals surface area contributed by atoms with Gasteiger partial charge in [0.25, 0.3) is 0 Å². The van der Waals surface area contributed by atoms with Gasteiger partial charge in [0.15, 0.2) is 0 Å². The number of aliphatic hydroxyl groups is 1. The molecule has 19 heavy (non-hydrogen) atoms. The smallest absolute Gasteiger partial charge is 0.212 e. The standard InChI is InChI=1S/C15H16N2O2/c18-14(15(19)9-4-5-10-15)13-8-11-16-17(13)12-6-2-1-3-7-12/h1-3,6-8,11,19H,4-5,9-10H2. The summed E-state index contributed by atoms with van der Waals surface area (Å²) in [6.45, 7) is 0. The fraction of sp³-hybridized carbons (Fsp3) is 0.333. The molecule has 1 N–H and O–H groups in total. The molecule has 0 atom stereocenters. The molecule has 0 aliphatic heterocycles. The Morgan fingerprint density at radius 2 is 1.84 bits per heavy atom. The minimum absolute atomic E-state index is 0.216. The van der Waals surface area contributed by atoms with E-state index in [1.807, 2.05) is 30.3 Å². The Kier molecular flexibility index (Phi) is 2.95. The van der Waals surface area contributed by atoms with Gasteiger partial charge in [0.05, 0.1) is 11.9 Å². The minimum Gasteiger partial charge on any atom is -0.382 e. The highest BCUT2D eigenvalue weighted by molar-refractivity contribution is 6.01. The molecule has 1 aromatic carbocycles. The second-order valence-electron chi connectivity index (χ2n) is 5.03. The number of benzene rings is 1. The molecular formula is C15H16N2O2. The number of carbonyl (C=O) groups is 1. The molecule has 0 bridgehead atoms. The molecule has 4 nitrogen and oxygen atoms in total. The van der Waals surface area contributed by atoms with Gasteiger partial charge in [-0.3, -0.25) is 4.79 Å². The van der Waals surface area contributed by atoms with Crippen molar-refractivity contribution in [2.24, 2.45) is 0 Å². The normalized spacial score (nSPS) is 17.5. The summed E-state index contributed by atoms with van der Waals surface area (Å²) >= 11 is 0. The first kappa shape index (κ1) is 12.1. The molecule has 3 rings (SSSR count). The fourth-order valence-corrected chi connectivity index (χ4v) is 2.68. The van der Waals surface area contributed by atoms with E-state index >= 15 is 0 Å². The largest absolute Gasteiger partial charge is 0.382 e. The third kappa shape index (κ3) is 2.08. The summed E-state index contributed by atoms with van der Waals surface area (Å²) in [7, 11) is 0. The highest BCUT2D eigenvalue weighted by atomic mass is 16.3. The van der Waals surface area contributed by atoms with Gasteiger partial charge in [-0.2, -0.15) is 5.10 Å². The van der Waals surface area contributed by atoms with Gasteiger partial charge in [-0.15, -0.1) is 0 Å². The van der Waals surface area contributed by atoms with Crippen LogP contribution in [-0.4, -0.2) is 26.3 Å². The van der Waals surface area contributed by atoms with Crippen LogP contribution in [0.3, 0.4) is 0 Å². The van der Waals surface area contributed by atoms with Crippen LogP contribution >= 0.6 is 0 Å². The zero-order valence-corrected chi connectivity index (χ0v) is 10.6. The van der Waals surface area contributed by atoms with Crippen LogP contribution in [0, 0.1) is 0 Å². The lowest BCUT2D eigenvalue weighted by molar-refractivity contribution is 0.0345. The molecule has 0 amide bonds. The number of rotatable bonds is 3. The summed E-state index contributed by atoms with van der Waals surface area (Å²) in [6, 6.07) is 11.2. The molecule has 1 aliphatic rings. The number of nitrogens with zero attached hydrogens (tertiary/aromatic N) is 2. The molecule has 1 heterocycles. The minimum atomic E-state index is -1.20. The number of ketones is 1. The van der Waals surface area contributed by atoms with Gasteiger partial charge in [0, 0.05) is 0 Å². The third-order valence-electron chi connectivity index (χ3n) is 3.73. The van der Waals surface area contributed by atoms with Crippen LogP contribution in [0.4, 0.5) is 0 Å². The van der Waals surface area contributed by atoms with Crippen molar-refractivity contribution in [3.05, 3.63) is 48.3 Å². The number of aromatic nitrogens is 2. The zero-order chi connectivity index (χ0) is 13.3. The maximum Gasteiger partial charge on any atom is 0.212 e. The Hall–Kier alpha value is -1.94. The molecular weight excluding hydrogens is 240 g/mol. The summed E-state index contributed by atoms with van der Waals surface area (Å²) in [5.74, 6) is -0.216. The molecule has 1 aliphatic carbocycles. The van der Waals surface area contributed by atoms with E-state index in [0.29, 0.717) is 18.5 Å². The van der Waals surface area contributed by atoms with Crippen molar-refractivity contribution < 1.29 is 9.90 Å². The first-order valence-corrected chi connectivity index (χ1v) is 6.57. The van der Waals surface area contributed by atoms with E-state index in [4.69, 9.17) is 0 Å². The number of hydrogen-bond donors (Lipinski definition) is 1. The van der Waals surface area contributed by atoms with E-state index in [2.05, 4.69) is 5.10 Å². The molecule has 4 heteroatoms. The average Bonchev–Trinajstić information content (AvgIpc) is 3.08. The van der Waals surface area contributed by atoms with Gasteiger partial charge in [0.1, 0.15) is 11.3 Å². The Labute approximate surface area is 111 Å². The zero-order valence-electron chi connectivity index (χ0n) is 10.6. The number of para-hydroxylation sites is 1. The monoisotopic (exact) mass is 256 g/mol. The topological polar surface area (TPSA) is 55.1 Å². The van der Waals surface area contributed by atoms with Gasteiger partial charge in [0.2, 0.25) is 5.78 Å². The fourth-order valence-electron chi connectivity index (χ4n) is 2.68. The highest BCUT2D eigenvalue weighted by Gasteiger charge is 2.40. The van der Waals surface area contributed by atoms with Gasteiger partial charge in [-0.05, 0) is 43.9 Å². The maximum atomic E-state index is 12.5. The quantitative estimate of drug-likeness (QED) is 0.858. The maximum absolute atomic E-state index is 12.5. The Balaban J connectivity index is 1.99. The molecule has 0 spiro atoms. The first-order valence-electron chi connectivity index (χ1n) is 6.57. The predicted octanol–water partition coefficient (Wildman–Crippen LogP) is 2.36. The molecule has 0 saturated heterocycles. The van der Waals surface area contributed by atoms with Gasteiger partial charge in [-0.25, -0.2) is 4.68 Å². The van der Waals surface area contributed by atoms with Crippen LogP contribution in [0.2, 0.25) is 0 Å². The number of carbonyl (C=O) groups excluding carboxylic acids is 1. The summed E-state index contributed by atoms with van der Waals surface area (Å²) < 4.78 is 1.60. The SMILES string of the molecule is O=C(c1ccnn1-c1ccccc1)C1(O)CCCC1. The molecule has 0 unspecified atom stereocenters. The van der Waals surface area contributed by atoms with Gasteiger partial charge < -0.3 is 5.11 Å². The van der Waals surface area contributed by atoms with Crippen LogP contribution in [-0.2, 0) is 0 Å². The number of hydrogen-bond acceptors (Lipinski definition) is 3. The third-order valence-corrected chi connectivity index (χ3v) is 3.73. The Bertz CT molecular complexity index is 583. The molecule has 0 radical (unpaired) electrons. The lowest BCUT2D eigenvalue weighted by Gasteiger charge is -2.20. The van der Waals surface area contributed by atoms with Crippen molar-refractivity contribution in [3.8, 4) is 5.69 Å². The molecule has 98 valence electrons. The molecule has 2 aromatic rings. The summed E-state index contributed by atoms with van der Waals surface area (Å²) in [4.78, 5) is 12.5. The van der Waals surface area contributed by atoms with Gasteiger partial charge >= 0.3 is 0 Å². The van der Waals surface area contributed by atoms with E-state index in [-0.39, 0.29) is 5.78 Å². The molecule has 1 aromatic heterocycles. The van der Waals surface area contributed by atoms with E-state index < -0.39 is 5.60 Å².